The van der Waals surface area contributed by atoms with Crippen molar-refractivity contribution in [1.29, 1.82) is 5.26 Å². The summed E-state index contributed by atoms with van der Waals surface area (Å²) in [4.78, 5) is 22.7. The first-order valence-electron chi connectivity index (χ1n) is 6.83. The van der Waals surface area contributed by atoms with Crippen molar-refractivity contribution in [3.8, 4) is 6.07 Å². The molecule has 1 unspecified atom stereocenters. The fourth-order valence-corrected chi connectivity index (χ4v) is 1.86. The molecule has 0 bridgehead atoms. The number of hydrogen-bond acceptors (Lipinski definition) is 4. The van der Waals surface area contributed by atoms with Gasteiger partial charge in [-0.2, -0.15) is 5.26 Å². The van der Waals surface area contributed by atoms with Crippen molar-refractivity contribution in [2.24, 2.45) is 0 Å². The maximum Gasteiger partial charge on any atom is 0.320 e. The van der Waals surface area contributed by atoms with Crippen LogP contribution in [0.4, 0.5) is 5.69 Å². The third-order valence-corrected chi connectivity index (χ3v) is 2.94. The van der Waals surface area contributed by atoms with Gasteiger partial charge in [-0.1, -0.05) is 25.5 Å². The Hall–Kier alpha value is -2.39. The van der Waals surface area contributed by atoms with Gasteiger partial charge in [0, 0.05) is 13.0 Å². The van der Waals surface area contributed by atoms with Crippen LogP contribution in [0.25, 0.3) is 0 Å². The van der Waals surface area contributed by atoms with Crippen molar-refractivity contribution in [1.82, 2.24) is 5.32 Å². The van der Waals surface area contributed by atoms with E-state index in [-0.39, 0.29) is 18.9 Å². The highest BCUT2D eigenvalue weighted by atomic mass is 16.4. The SMILES string of the molecule is CCCC(NCCC(=O)Nc1ccccc1C#N)C(=O)O. The summed E-state index contributed by atoms with van der Waals surface area (Å²) >= 11 is 0. The molecule has 0 saturated carbocycles. The lowest BCUT2D eigenvalue weighted by Gasteiger charge is -2.13. The van der Waals surface area contributed by atoms with E-state index in [4.69, 9.17) is 10.4 Å². The molecule has 0 aromatic heterocycles. The summed E-state index contributed by atoms with van der Waals surface area (Å²) in [5.74, 6) is -1.17. The highest BCUT2D eigenvalue weighted by Crippen LogP contribution is 2.13. The maximum absolute atomic E-state index is 11.8. The second kappa shape index (κ2) is 8.72. The number of anilines is 1. The van der Waals surface area contributed by atoms with Gasteiger partial charge in [0.05, 0.1) is 11.3 Å². The lowest BCUT2D eigenvalue weighted by molar-refractivity contribution is -0.139. The molecule has 1 amide bonds. The summed E-state index contributed by atoms with van der Waals surface area (Å²) in [6.07, 6.45) is 1.42. The zero-order valence-corrected chi connectivity index (χ0v) is 11.9. The molecule has 0 aliphatic heterocycles. The Morgan fingerprint density at radius 3 is 2.71 bits per heavy atom. The Morgan fingerprint density at radius 2 is 2.10 bits per heavy atom. The number of para-hydroxylation sites is 1. The van der Waals surface area contributed by atoms with E-state index in [0.29, 0.717) is 17.7 Å². The summed E-state index contributed by atoms with van der Waals surface area (Å²) in [6.45, 7) is 2.18. The molecule has 0 aliphatic carbocycles. The average molecular weight is 289 g/mol. The molecule has 1 aromatic carbocycles. The molecule has 0 saturated heterocycles. The summed E-state index contributed by atoms with van der Waals surface area (Å²) in [5, 5.41) is 23.4. The van der Waals surface area contributed by atoms with Gasteiger partial charge in [0.1, 0.15) is 12.1 Å². The van der Waals surface area contributed by atoms with E-state index in [0.717, 1.165) is 6.42 Å². The lowest BCUT2D eigenvalue weighted by Crippen LogP contribution is -2.38. The number of carboxylic acid groups (broad SMARTS) is 1. The number of nitriles is 1. The molecule has 0 heterocycles. The summed E-state index contributed by atoms with van der Waals surface area (Å²) in [7, 11) is 0. The monoisotopic (exact) mass is 289 g/mol. The van der Waals surface area contributed by atoms with Crippen molar-refractivity contribution in [3.63, 3.8) is 0 Å². The number of carbonyl (C=O) groups excluding carboxylic acids is 1. The van der Waals surface area contributed by atoms with Gasteiger partial charge in [-0.25, -0.2) is 0 Å². The van der Waals surface area contributed by atoms with Crippen LogP contribution in [0, 0.1) is 11.3 Å². The number of nitrogens with one attached hydrogen (secondary N) is 2. The normalized spacial score (nSPS) is 11.4. The summed E-state index contributed by atoms with van der Waals surface area (Å²) in [6, 6.07) is 8.10. The van der Waals surface area contributed by atoms with Crippen molar-refractivity contribution in [3.05, 3.63) is 29.8 Å². The molecule has 0 spiro atoms. The van der Waals surface area contributed by atoms with Gasteiger partial charge >= 0.3 is 5.97 Å². The number of nitrogens with zero attached hydrogens (tertiary/aromatic N) is 1. The maximum atomic E-state index is 11.8. The molecule has 3 N–H and O–H groups in total. The molecule has 0 radical (unpaired) electrons. The standard InChI is InChI=1S/C15H19N3O3/c1-2-5-13(15(20)21)17-9-8-14(19)18-12-7-4-3-6-11(12)10-16/h3-4,6-7,13,17H,2,5,8-9H2,1H3,(H,18,19)(H,20,21). The second-order valence-corrected chi connectivity index (χ2v) is 4.59. The highest BCUT2D eigenvalue weighted by Gasteiger charge is 2.15. The molecule has 1 rings (SSSR count). The lowest BCUT2D eigenvalue weighted by atomic mass is 10.1. The van der Waals surface area contributed by atoms with Crippen LogP contribution in [0.2, 0.25) is 0 Å². The van der Waals surface area contributed by atoms with Gasteiger partial charge in [-0.15, -0.1) is 0 Å². The molecule has 21 heavy (non-hydrogen) atoms. The molecule has 112 valence electrons. The third kappa shape index (κ3) is 5.63. The largest absolute Gasteiger partial charge is 0.480 e. The fourth-order valence-electron chi connectivity index (χ4n) is 1.86. The van der Waals surface area contributed by atoms with Gasteiger partial charge in [-0.3, -0.25) is 9.59 Å². The predicted molar refractivity (Wildman–Crippen MR) is 78.7 cm³/mol. The van der Waals surface area contributed by atoms with Gasteiger partial charge < -0.3 is 15.7 Å². The Morgan fingerprint density at radius 1 is 1.38 bits per heavy atom. The van der Waals surface area contributed by atoms with E-state index < -0.39 is 12.0 Å². The van der Waals surface area contributed by atoms with Crippen molar-refractivity contribution >= 4 is 17.6 Å². The van der Waals surface area contributed by atoms with Crippen molar-refractivity contribution < 1.29 is 14.7 Å². The topological polar surface area (TPSA) is 102 Å². The fraction of sp³-hybridized carbons (Fsp3) is 0.400. The van der Waals surface area contributed by atoms with Crippen molar-refractivity contribution in [2.45, 2.75) is 32.2 Å². The van der Waals surface area contributed by atoms with E-state index >= 15 is 0 Å². The van der Waals surface area contributed by atoms with Crippen LogP contribution in [-0.4, -0.2) is 29.6 Å². The van der Waals surface area contributed by atoms with E-state index in [9.17, 15) is 9.59 Å². The number of carboxylic acids is 1. The third-order valence-electron chi connectivity index (χ3n) is 2.94. The first kappa shape index (κ1) is 16.7. The molecule has 6 heteroatoms. The summed E-state index contributed by atoms with van der Waals surface area (Å²) in [5.41, 5.74) is 0.863. The number of rotatable bonds is 8. The molecular formula is C15H19N3O3. The number of benzene rings is 1. The van der Waals surface area contributed by atoms with Crippen LogP contribution >= 0.6 is 0 Å². The van der Waals surface area contributed by atoms with E-state index in [2.05, 4.69) is 10.6 Å². The Labute approximate surface area is 123 Å². The first-order chi connectivity index (χ1) is 10.1. The minimum Gasteiger partial charge on any atom is -0.480 e. The molecule has 0 fully saturated rings. The van der Waals surface area contributed by atoms with Crippen LogP contribution in [0.1, 0.15) is 31.7 Å². The molecule has 1 atom stereocenters. The van der Waals surface area contributed by atoms with Gasteiger partial charge in [-0.05, 0) is 18.6 Å². The number of amides is 1. The smallest absolute Gasteiger partial charge is 0.320 e. The average Bonchev–Trinajstić information content (AvgIpc) is 2.46. The van der Waals surface area contributed by atoms with E-state index in [1.54, 1.807) is 24.3 Å². The predicted octanol–water partition coefficient (Wildman–Crippen LogP) is 1.73. The number of carbonyl (C=O) groups is 2. The van der Waals surface area contributed by atoms with Gasteiger partial charge in [0.15, 0.2) is 0 Å². The Bertz CT molecular complexity index is 537. The minimum absolute atomic E-state index is 0.146. The van der Waals surface area contributed by atoms with E-state index in [1.807, 2.05) is 13.0 Å². The molecule has 1 aromatic rings. The van der Waals surface area contributed by atoms with Crippen LogP contribution in [0.15, 0.2) is 24.3 Å². The molecule has 6 nitrogen and oxygen atoms in total. The number of aliphatic carboxylic acids is 1. The Balaban J connectivity index is 2.44. The second-order valence-electron chi connectivity index (χ2n) is 4.59. The summed E-state index contributed by atoms with van der Waals surface area (Å²) < 4.78 is 0. The highest BCUT2D eigenvalue weighted by molar-refractivity contribution is 5.92. The van der Waals surface area contributed by atoms with Gasteiger partial charge in [0.2, 0.25) is 5.91 Å². The first-order valence-corrected chi connectivity index (χ1v) is 6.83. The van der Waals surface area contributed by atoms with Crippen LogP contribution in [0.5, 0.6) is 0 Å². The van der Waals surface area contributed by atoms with Gasteiger partial charge in [0.25, 0.3) is 0 Å². The quantitative estimate of drug-likeness (QED) is 0.676. The zero-order valence-electron chi connectivity index (χ0n) is 11.9. The number of hydrogen-bond donors (Lipinski definition) is 3. The van der Waals surface area contributed by atoms with Crippen LogP contribution in [-0.2, 0) is 9.59 Å². The molecule has 0 aliphatic rings. The van der Waals surface area contributed by atoms with Crippen LogP contribution in [0.3, 0.4) is 0 Å². The minimum atomic E-state index is -0.910. The Kier molecular flexibility index (Phi) is 6.92. The van der Waals surface area contributed by atoms with Crippen molar-refractivity contribution in [2.75, 3.05) is 11.9 Å². The van der Waals surface area contributed by atoms with Crippen LogP contribution < -0.4 is 10.6 Å². The van der Waals surface area contributed by atoms with E-state index in [1.165, 1.54) is 0 Å². The molecular weight excluding hydrogens is 270 g/mol. The zero-order chi connectivity index (χ0) is 15.7.